The Morgan fingerprint density at radius 2 is 1.65 bits per heavy atom. The topological polar surface area (TPSA) is 29.5 Å². The Hall–Kier alpha value is -2.55. The van der Waals surface area contributed by atoms with Crippen molar-refractivity contribution in [3.8, 4) is 0 Å². The molecule has 1 unspecified atom stereocenters. The first kappa shape index (κ1) is 18.2. The van der Waals surface area contributed by atoms with Crippen LogP contribution in [0.4, 0.5) is 4.79 Å². The highest BCUT2D eigenvalue weighted by Gasteiger charge is 2.37. The molecule has 2 aromatic carbocycles. The Kier molecular flexibility index (Phi) is 6.48. The van der Waals surface area contributed by atoms with Gasteiger partial charge in [-0.1, -0.05) is 86.8 Å². The van der Waals surface area contributed by atoms with Crippen molar-refractivity contribution in [1.82, 2.24) is 4.90 Å². The molecule has 0 saturated carbocycles. The minimum atomic E-state index is -0.218. The molecule has 2 aromatic rings. The molecular weight excluding hydrogens is 322 g/mol. The lowest BCUT2D eigenvalue weighted by Crippen LogP contribution is -2.35. The number of carbonyl (C=O) groups excluding carboxylic acids is 1. The van der Waals surface area contributed by atoms with Crippen LogP contribution in [0.2, 0.25) is 0 Å². The highest BCUT2D eigenvalue weighted by molar-refractivity contribution is 5.75. The number of hydrogen-bond donors (Lipinski definition) is 0. The van der Waals surface area contributed by atoms with Crippen molar-refractivity contribution in [3.05, 3.63) is 77.5 Å². The quantitative estimate of drug-likeness (QED) is 0.575. The molecule has 1 aliphatic heterocycles. The summed E-state index contributed by atoms with van der Waals surface area (Å²) in [4.78, 5) is 14.4. The van der Waals surface area contributed by atoms with Gasteiger partial charge in [0.05, 0.1) is 6.04 Å². The lowest BCUT2D eigenvalue weighted by Gasteiger charge is -2.22. The summed E-state index contributed by atoms with van der Waals surface area (Å²) in [6.45, 7) is 2.95. The minimum absolute atomic E-state index is 0.0354. The van der Waals surface area contributed by atoms with E-state index in [0.29, 0.717) is 0 Å². The summed E-state index contributed by atoms with van der Waals surface area (Å²) in [6.07, 6.45) is 7.12. The summed E-state index contributed by atoms with van der Waals surface area (Å²) in [5, 5.41) is 0. The molecule has 1 amide bonds. The fraction of sp³-hybridized carbons (Fsp3) is 0.348. The number of hydrogen-bond acceptors (Lipinski definition) is 2. The number of cyclic esters (lactones) is 1. The fourth-order valence-corrected chi connectivity index (χ4v) is 3.35. The maximum absolute atomic E-state index is 12.5. The van der Waals surface area contributed by atoms with Crippen molar-refractivity contribution in [2.45, 2.75) is 45.1 Å². The van der Waals surface area contributed by atoms with E-state index >= 15 is 0 Å². The third kappa shape index (κ3) is 4.75. The van der Waals surface area contributed by atoms with Crippen molar-refractivity contribution in [2.24, 2.45) is 0 Å². The van der Waals surface area contributed by atoms with E-state index in [1.54, 1.807) is 0 Å². The molecule has 0 N–H and O–H groups in total. The monoisotopic (exact) mass is 349 g/mol. The maximum atomic E-state index is 12.5. The lowest BCUT2D eigenvalue weighted by atomic mass is 10.0. The van der Waals surface area contributed by atoms with Crippen molar-refractivity contribution >= 4 is 12.2 Å². The van der Waals surface area contributed by atoms with Crippen LogP contribution < -0.4 is 0 Å². The van der Waals surface area contributed by atoms with Crippen LogP contribution in [0.5, 0.6) is 0 Å². The molecular formula is C23H27NO2. The highest BCUT2D eigenvalue weighted by atomic mass is 16.6. The molecule has 1 aliphatic rings. The Morgan fingerprint density at radius 3 is 2.35 bits per heavy atom. The lowest BCUT2D eigenvalue weighted by molar-refractivity contribution is 0.164. The zero-order valence-electron chi connectivity index (χ0n) is 15.4. The Bertz CT molecular complexity index is 724. The van der Waals surface area contributed by atoms with E-state index in [0.717, 1.165) is 37.1 Å². The van der Waals surface area contributed by atoms with Gasteiger partial charge >= 0.3 is 6.09 Å². The van der Waals surface area contributed by atoms with Crippen molar-refractivity contribution in [3.63, 3.8) is 0 Å². The third-order valence-electron chi connectivity index (χ3n) is 4.78. The van der Waals surface area contributed by atoms with Gasteiger partial charge in [-0.2, -0.15) is 0 Å². The molecule has 0 radical (unpaired) electrons. The van der Waals surface area contributed by atoms with Crippen LogP contribution in [0.1, 0.15) is 43.7 Å². The van der Waals surface area contributed by atoms with Crippen LogP contribution in [0, 0.1) is 0 Å². The van der Waals surface area contributed by atoms with Gasteiger partial charge in [-0.05, 0) is 23.6 Å². The number of carbonyl (C=O) groups is 1. The van der Waals surface area contributed by atoms with Gasteiger partial charge in [0, 0.05) is 13.0 Å². The Labute approximate surface area is 156 Å². The highest BCUT2D eigenvalue weighted by Crippen LogP contribution is 2.28. The largest absolute Gasteiger partial charge is 0.415 e. The van der Waals surface area contributed by atoms with Crippen LogP contribution >= 0.6 is 0 Å². The second kappa shape index (κ2) is 9.23. The summed E-state index contributed by atoms with van der Waals surface area (Å²) < 4.78 is 5.67. The van der Waals surface area contributed by atoms with Crippen LogP contribution in [-0.4, -0.2) is 23.6 Å². The fourth-order valence-electron chi connectivity index (χ4n) is 3.35. The van der Waals surface area contributed by atoms with E-state index in [9.17, 15) is 4.79 Å². The summed E-state index contributed by atoms with van der Waals surface area (Å²) >= 11 is 0. The second-order valence-corrected chi connectivity index (χ2v) is 6.78. The third-order valence-corrected chi connectivity index (χ3v) is 4.78. The molecule has 0 aliphatic carbocycles. The molecule has 0 spiro atoms. The van der Waals surface area contributed by atoms with Crippen LogP contribution in [0.3, 0.4) is 0 Å². The normalized spacial score (nSPS) is 18.3. The molecule has 3 rings (SSSR count). The van der Waals surface area contributed by atoms with E-state index in [1.165, 1.54) is 18.4 Å². The van der Waals surface area contributed by atoms with Gasteiger partial charge in [0.2, 0.25) is 0 Å². The van der Waals surface area contributed by atoms with Gasteiger partial charge in [-0.3, -0.25) is 4.90 Å². The molecule has 1 fully saturated rings. The van der Waals surface area contributed by atoms with Crippen molar-refractivity contribution < 1.29 is 9.53 Å². The first-order chi connectivity index (χ1) is 12.8. The van der Waals surface area contributed by atoms with Crippen LogP contribution in [0.25, 0.3) is 6.08 Å². The Balaban J connectivity index is 1.80. The number of ether oxygens (including phenoxy) is 1. The molecule has 1 heterocycles. The van der Waals surface area contributed by atoms with Crippen molar-refractivity contribution in [1.29, 1.82) is 0 Å². The van der Waals surface area contributed by atoms with E-state index in [2.05, 4.69) is 19.1 Å². The molecule has 1 saturated heterocycles. The smallest absolute Gasteiger partial charge is 0.412 e. The molecule has 26 heavy (non-hydrogen) atoms. The number of rotatable bonds is 8. The molecule has 3 nitrogen and oxygen atoms in total. The van der Waals surface area contributed by atoms with Gasteiger partial charge in [0.15, 0.2) is 0 Å². The SMILES string of the molecule is CCCCCCN1C(=O)O/C(=C\c2ccccc2)C1Cc1ccccc1. The Morgan fingerprint density at radius 1 is 0.962 bits per heavy atom. The second-order valence-electron chi connectivity index (χ2n) is 6.78. The summed E-state index contributed by atoms with van der Waals surface area (Å²) in [7, 11) is 0. The summed E-state index contributed by atoms with van der Waals surface area (Å²) in [6, 6.07) is 20.3. The molecule has 0 bridgehead atoms. The first-order valence-electron chi connectivity index (χ1n) is 9.57. The average molecular weight is 349 g/mol. The van der Waals surface area contributed by atoms with E-state index in [1.807, 2.05) is 59.5 Å². The zero-order valence-corrected chi connectivity index (χ0v) is 15.4. The zero-order chi connectivity index (χ0) is 18.2. The summed E-state index contributed by atoms with van der Waals surface area (Å²) in [5.41, 5.74) is 2.27. The average Bonchev–Trinajstić information content (AvgIpc) is 2.95. The number of unbranched alkanes of at least 4 members (excludes halogenated alkanes) is 3. The molecule has 136 valence electrons. The maximum Gasteiger partial charge on any atom is 0.415 e. The first-order valence-corrected chi connectivity index (χ1v) is 9.57. The van der Waals surface area contributed by atoms with Gasteiger partial charge < -0.3 is 4.74 Å². The van der Waals surface area contributed by atoms with Crippen molar-refractivity contribution in [2.75, 3.05) is 6.54 Å². The number of benzene rings is 2. The van der Waals surface area contributed by atoms with E-state index in [-0.39, 0.29) is 12.1 Å². The van der Waals surface area contributed by atoms with Gasteiger partial charge in [0.1, 0.15) is 5.76 Å². The molecule has 0 aromatic heterocycles. The molecule has 1 atom stereocenters. The van der Waals surface area contributed by atoms with Crippen LogP contribution in [-0.2, 0) is 11.2 Å². The standard InChI is InChI=1S/C23H27NO2/c1-2-3-4-11-16-24-21(17-19-12-7-5-8-13-19)22(26-23(24)25)18-20-14-9-6-10-15-20/h5-10,12-15,18,21H,2-4,11,16-17H2,1H3/b22-18-. The number of amides is 1. The van der Waals surface area contributed by atoms with Gasteiger partial charge in [0.25, 0.3) is 0 Å². The van der Waals surface area contributed by atoms with E-state index < -0.39 is 0 Å². The van der Waals surface area contributed by atoms with Gasteiger partial charge in [-0.15, -0.1) is 0 Å². The van der Waals surface area contributed by atoms with E-state index in [4.69, 9.17) is 4.74 Å². The summed E-state index contributed by atoms with van der Waals surface area (Å²) in [5.74, 6) is 0.751. The minimum Gasteiger partial charge on any atom is -0.412 e. The predicted octanol–water partition coefficient (Wildman–Crippen LogP) is 5.67. The predicted molar refractivity (Wildman–Crippen MR) is 106 cm³/mol. The molecule has 3 heteroatoms. The van der Waals surface area contributed by atoms with Gasteiger partial charge in [-0.25, -0.2) is 4.79 Å². The van der Waals surface area contributed by atoms with Crippen LogP contribution in [0.15, 0.2) is 66.4 Å². The number of nitrogens with zero attached hydrogens (tertiary/aromatic N) is 1.